The van der Waals surface area contributed by atoms with Crippen molar-refractivity contribution in [2.24, 2.45) is 5.92 Å². The van der Waals surface area contributed by atoms with Gasteiger partial charge in [0.15, 0.2) is 0 Å². The summed E-state index contributed by atoms with van der Waals surface area (Å²) in [6.07, 6.45) is 0.249. The SMILES string of the molecule is CC.C[C@@H]1CC(=O)OC1=O. The summed E-state index contributed by atoms with van der Waals surface area (Å²) in [4.78, 5) is 20.6. The van der Waals surface area contributed by atoms with Crippen molar-refractivity contribution in [2.75, 3.05) is 0 Å². The average Bonchev–Trinajstić information content (AvgIpc) is 2.16. The van der Waals surface area contributed by atoms with Crippen molar-refractivity contribution in [3.8, 4) is 0 Å². The zero-order valence-electron chi connectivity index (χ0n) is 6.51. The highest BCUT2D eigenvalue weighted by Crippen LogP contribution is 2.13. The topological polar surface area (TPSA) is 43.4 Å². The van der Waals surface area contributed by atoms with E-state index in [2.05, 4.69) is 4.74 Å². The average molecular weight is 144 g/mol. The van der Waals surface area contributed by atoms with Crippen molar-refractivity contribution in [3.05, 3.63) is 0 Å². The highest BCUT2D eigenvalue weighted by Gasteiger charge is 2.28. The normalized spacial score (nSPS) is 23.3. The zero-order chi connectivity index (χ0) is 8.15. The van der Waals surface area contributed by atoms with Crippen LogP contribution < -0.4 is 0 Å². The molecule has 1 saturated heterocycles. The third-order valence-corrected chi connectivity index (χ3v) is 1.09. The van der Waals surface area contributed by atoms with Crippen LogP contribution in [0.25, 0.3) is 0 Å². The number of ether oxygens (including phenoxy) is 1. The lowest BCUT2D eigenvalue weighted by molar-refractivity contribution is -0.152. The third kappa shape index (κ3) is 2.17. The number of hydrogen-bond donors (Lipinski definition) is 0. The molecule has 1 heterocycles. The Morgan fingerprint density at radius 3 is 2.00 bits per heavy atom. The van der Waals surface area contributed by atoms with Crippen LogP contribution in [0.1, 0.15) is 27.2 Å². The Morgan fingerprint density at radius 1 is 1.40 bits per heavy atom. The fraction of sp³-hybridized carbons (Fsp3) is 0.714. The van der Waals surface area contributed by atoms with Gasteiger partial charge < -0.3 is 4.74 Å². The molecule has 0 aromatic carbocycles. The maximum absolute atomic E-state index is 10.3. The quantitative estimate of drug-likeness (QED) is 0.378. The van der Waals surface area contributed by atoms with E-state index in [9.17, 15) is 9.59 Å². The summed E-state index contributed by atoms with van der Waals surface area (Å²) >= 11 is 0. The molecule has 0 saturated carbocycles. The van der Waals surface area contributed by atoms with Crippen LogP contribution in [0.5, 0.6) is 0 Å². The van der Waals surface area contributed by atoms with Crippen LogP contribution in [-0.2, 0) is 14.3 Å². The van der Waals surface area contributed by atoms with Crippen molar-refractivity contribution in [2.45, 2.75) is 27.2 Å². The van der Waals surface area contributed by atoms with Gasteiger partial charge in [0.1, 0.15) is 0 Å². The van der Waals surface area contributed by atoms with Gasteiger partial charge in [-0.15, -0.1) is 0 Å². The second-order valence-corrected chi connectivity index (χ2v) is 1.90. The Labute approximate surface area is 60.4 Å². The maximum atomic E-state index is 10.3. The van der Waals surface area contributed by atoms with Gasteiger partial charge in [-0.25, -0.2) is 0 Å². The van der Waals surface area contributed by atoms with Crippen LogP contribution in [0, 0.1) is 5.92 Å². The summed E-state index contributed by atoms with van der Waals surface area (Å²) in [5.74, 6) is -1.01. The van der Waals surface area contributed by atoms with Crippen molar-refractivity contribution in [1.82, 2.24) is 0 Å². The van der Waals surface area contributed by atoms with Crippen molar-refractivity contribution in [1.29, 1.82) is 0 Å². The number of esters is 2. The minimum atomic E-state index is -0.400. The lowest BCUT2D eigenvalue weighted by Crippen LogP contribution is -2.01. The molecule has 0 spiro atoms. The molecule has 1 atom stereocenters. The molecule has 0 aliphatic carbocycles. The van der Waals surface area contributed by atoms with Gasteiger partial charge in [0.05, 0.1) is 12.3 Å². The molecule has 1 aliphatic heterocycles. The molecule has 0 aromatic rings. The molecule has 0 amide bonds. The van der Waals surface area contributed by atoms with E-state index in [1.54, 1.807) is 6.92 Å². The van der Waals surface area contributed by atoms with Crippen molar-refractivity contribution in [3.63, 3.8) is 0 Å². The Kier molecular flexibility index (Phi) is 3.69. The summed E-state index contributed by atoms with van der Waals surface area (Å²) in [5, 5.41) is 0. The number of carbonyl (C=O) groups is 2. The highest BCUT2D eigenvalue weighted by molar-refractivity contribution is 5.94. The molecule has 1 fully saturated rings. The molecule has 1 aliphatic rings. The largest absolute Gasteiger partial charge is 0.393 e. The molecule has 3 nitrogen and oxygen atoms in total. The van der Waals surface area contributed by atoms with E-state index in [0.717, 1.165) is 0 Å². The third-order valence-electron chi connectivity index (χ3n) is 1.09. The summed E-state index contributed by atoms with van der Waals surface area (Å²) in [7, 11) is 0. The minimum absolute atomic E-state index is 0.220. The molecule has 58 valence electrons. The molecule has 1 rings (SSSR count). The van der Waals surface area contributed by atoms with E-state index in [-0.39, 0.29) is 12.3 Å². The second kappa shape index (κ2) is 4.04. The van der Waals surface area contributed by atoms with Gasteiger partial charge in [-0.05, 0) is 0 Å². The van der Waals surface area contributed by atoms with E-state index in [1.165, 1.54) is 0 Å². The Bertz CT molecular complexity index is 140. The van der Waals surface area contributed by atoms with Gasteiger partial charge in [0, 0.05) is 0 Å². The van der Waals surface area contributed by atoms with E-state index in [0.29, 0.717) is 0 Å². The van der Waals surface area contributed by atoms with Crippen LogP contribution in [-0.4, -0.2) is 11.9 Å². The molecule has 0 aromatic heterocycles. The number of rotatable bonds is 0. The van der Waals surface area contributed by atoms with Crippen molar-refractivity contribution >= 4 is 11.9 Å². The first-order chi connectivity index (χ1) is 4.70. The van der Waals surface area contributed by atoms with Gasteiger partial charge in [-0.1, -0.05) is 20.8 Å². The molecule has 0 unspecified atom stereocenters. The predicted octanol–water partition coefficient (Wildman–Crippen LogP) is 1.12. The Morgan fingerprint density at radius 2 is 1.90 bits per heavy atom. The fourth-order valence-corrected chi connectivity index (χ4v) is 0.588. The number of carbonyl (C=O) groups excluding carboxylic acids is 2. The van der Waals surface area contributed by atoms with E-state index in [1.807, 2.05) is 13.8 Å². The van der Waals surface area contributed by atoms with Gasteiger partial charge in [-0.3, -0.25) is 9.59 Å². The monoisotopic (exact) mass is 144 g/mol. The lowest BCUT2D eigenvalue weighted by Gasteiger charge is -1.86. The molecular formula is C7H12O3. The van der Waals surface area contributed by atoms with Crippen LogP contribution in [0.2, 0.25) is 0 Å². The smallest absolute Gasteiger partial charge is 0.316 e. The fourth-order valence-electron chi connectivity index (χ4n) is 0.588. The molecule has 10 heavy (non-hydrogen) atoms. The highest BCUT2D eigenvalue weighted by atomic mass is 16.6. The predicted molar refractivity (Wildman–Crippen MR) is 36.2 cm³/mol. The summed E-state index contributed by atoms with van der Waals surface area (Å²) < 4.78 is 4.20. The second-order valence-electron chi connectivity index (χ2n) is 1.90. The number of cyclic esters (lactones) is 2. The molecule has 0 N–H and O–H groups in total. The van der Waals surface area contributed by atoms with Gasteiger partial charge >= 0.3 is 11.9 Å². The molecule has 0 bridgehead atoms. The number of hydrogen-bond acceptors (Lipinski definition) is 3. The van der Waals surface area contributed by atoms with Crippen LogP contribution in [0.3, 0.4) is 0 Å². The molecular weight excluding hydrogens is 132 g/mol. The first kappa shape index (κ1) is 9.14. The summed E-state index contributed by atoms with van der Waals surface area (Å²) in [6.45, 7) is 5.67. The lowest BCUT2D eigenvalue weighted by atomic mass is 10.1. The Balaban J connectivity index is 0.000000371. The van der Waals surface area contributed by atoms with Crippen LogP contribution >= 0.6 is 0 Å². The van der Waals surface area contributed by atoms with E-state index in [4.69, 9.17) is 0 Å². The van der Waals surface area contributed by atoms with E-state index >= 15 is 0 Å². The first-order valence-corrected chi connectivity index (χ1v) is 3.44. The standard InChI is InChI=1S/C5H6O3.C2H6/c1-3-2-4(6)8-5(3)7;1-2/h3H,2H2,1H3;1-2H3/t3-;/m1./s1. The van der Waals surface area contributed by atoms with Crippen LogP contribution in [0.15, 0.2) is 0 Å². The summed E-state index contributed by atoms with van der Waals surface area (Å²) in [5.41, 5.74) is 0. The Hall–Kier alpha value is -0.860. The van der Waals surface area contributed by atoms with Gasteiger partial charge in [0.25, 0.3) is 0 Å². The first-order valence-electron chi connectivity index (χ1n) is 3.44. The molecule has 0 radical (unpaired) electrons. The van der Waals surface area contributed by atoms with Crippen LogP contribution in [0.4, 0.5) is 0 Å². The van der Waals surface area contributed by atoms with Gasteiger partial charge in [-0.2, -0.15) is 0 Å². The maximum Gasteiger partial charge on any atom is 0.316 e. The van der Waals surface area contributed by atoms with Gasteiger partial charge in [0.2, 0.25) is 0 Å². The van der Waals surface area contributed by atoms with Crippen molar-refractivity contribution < 1.29 is 14.3 Å². The van der Waals surface area contributed by atoms with E-state index < -0.39 is 11.9 Å². The summed E-state index contributed by atoms with van der Waals surface area (Å²) in [6, 6.07) is 0. The molecule has 3 heteroatoms. The zero-order valence-corrected chi connectivity index (χ0v) is 6.51. The minimum Gasteiger partial charge on any atom is -0.393 e.